The van der Waals surface area contributed by atoms with Crippen LogP contribution >= 0.6 is 0 Å². The lowest BCUT2D eigenvalue weighted by molar-refractivity contribution is 0.0945. The first-order valence-electron chi connectivity index (χ1n) is 10.3. The molecule has 2 atom stereocenters. The number of sulfonamides is 1. The fraction of sp³-hybridized carbons (Fsp3) is 0.409. The van der Waals surface area contributed by atoms with Gasteiger partial charge in [0.25, 0.3) is 5.91 Å². The van der Waals surface area contributed by atoms with E-state index in [0.717, 1.165) is 30.5 Å². The molecule has 9 heteroatoms. The summed E-state index contributed by atoms with van der Waals surface area (Å²) >= 11 is 0. The maximum atomic E-state index is 12.6. The fourth-order valence-electron chi connectivity index (χ4n) is 4.10. The topological polar surface area (TPSA) is 111 Å². The molecule has 0 saturated carbocycles. The highest BCUT2D eigenvalue weighted by molar-refractivity contribution is 7.89. The number of ether oxygens (including phenoxy) is 1. The van der Waals surface area contributed by atoms with E-state index in [9.17, 15) is 17.6 Å². The number of benzene rings is 1. The molecule has 2 aliphatic carbocycles. The Kier molecular flexibility index (Phi) is 6.00. The first-order valence-corrected chi connectivity index (χ1v) is 11.9. The molecule has 1 aromatic rings. The quantitative estimate of drug-likeness (QED) is 0.653. The van der Waals surface area contributed by atoms with Gasteiger partial charge in [-0.05, 0) is 55.2 Å². The Bertz CT molecular complexity index is 1070. The Labute approximate surface area is 181 Å². The number of nitrogens with one attached hydrogen (secondary N) is 2. The summed E-state index contributed by atoms with van der Waals surface area (Å²) in [6, 6.07) is 3.04. The number of allylic oxidation sites excluding steroid dienone is 6. The molecular formula is C22H26FN3O4S. The maximum Gasteiger partial charge on any atom is 0.255 e. The van der Waals surface area contributed by atoms with Crippen LogP contribution < -0.4 is 20.5 Å². The van der Waals surface area contributed by atoms with Gasteiger partial charge in [0.2, 0.25) is 10.0 Å². The Hall–Kier alpha value is -2.49. The van der Waals surface area contributed by atoms with E-state index in [4.69, 9.17) is 9.88 Å². The number of halogens is 1. The number of rotatable bonds is 4. The monoisotopic (exact) mass is 447 g/mol. The number of amides is 1. The molecule has 0 aromatic heterocycles. The van der Waals surface area contributed by atoms with Gasteiger partial charge >= 0.3 is 0 Å². The third kappa shape index (κ3) is 4.73. The van der Waals surface area contributed by atoms with Gasteiger partial charge in [0, 0.05) is 19.0 Å². The normalized spacial score (nSPS) is 23.6. The third-order valence-electron chi connectivity index (χ3n) is 5.73. The number of hydrogen-bond donors (Lipinski definition) is 3. The molecule has 1 amide bonds. The molecular weight excluding hydrogens is 421 g/mol. The second kappa shape index (κ2) is 8.57. The predicted octanol–water partition coefficient (Wildman–Crippen LogP) is 1.90. The van der Waals surface area contributed by atoms with Crippen molar-refractivity contribution < 1.29 is 22.3 Å². The molecule has 2 unspecified atom stereocenters. The largest absolute Gasteiger partial charge is 0.489 e. The van der Waals surface area contributed by atoms with Crippen LogP contribution in [-0.2, 0) is 16.4 Å². The van der Waals surface area contributed by atoms with Crippen LogP contribution in [0, 0.1) is 0 Å². The van der Waals surface area contributed by atoms with Crippen LogP contribution in [0.2, 0.25) is 0 Å². The van der Waals surface area contributed by atoms with Crippen LogP contribution in [-0.4, -0.2) is 45.7 Å². The van der Waals surface area contributed by atoms with Gasteiger partial charge in [-0.3, -0.25) is 4.79 Å². The average molecular weight is 448 g/mol. The average Bonchev–Trinajstić information content (AvgIpc) is 3.51. The lowest BCUT2D eigenvalue weighted by Gasteiger charge is -2.14. The first-order chi connectivity index (χ1) is 14.7. The number of fused-ring (bicyclic) bond motifs is 3. The highest BCUT2D eigenvalue weighted by Crippen LogP contribution is 2.35. The summed E-state index contributed by atoms with van der Waals surface area (Å²) < 4.78 is 41.6. The van der Waals surface area contributed by atoms with Crippen molar-refractivity contribution in [3.63, 3.8) is 0 Å². The van der Waals surface area contributed by atoms with Crippen LogP contribution in [0.1, 0.15) is 35.7 Å². The van der Waals surface area contributed by atoms with E-state index in [0.29, 0.717) is 24.3 Å². The van der Waals surface area contributed by atoms with Crippen molar-refractivity contribution >= 4 is 15.9 Å². The summed E-state index contributed by atoms with van der Waals surface area (Å²) in [4.78, 5) is 12.4. The minimum atomic E-state index is -3.88. The molecule has 1 fully saturated rings. The minimum Gasteiger partial charge on any atom is -0.489 e. The van der Waals surface area contributed by atoms with Crippen molar-refractivity contribution in [1.29, 1.82) is 0 Å². The third-order valence-corrected chi connectivity index (χ3v) is 6.62. The van der Waals surface area contributed by atoms with E-state index in [-0.39, 0.29) is 28.5 Å². The Morgan fingerprint density at radius 3 is 2.52 bits per heavy atom. The lowest BCUT2D eigenvalue weighted by atomic mass is 10.1. The van der Waals surface area contributed by atoms with Gasteiger partial charge in [-0.1, -0.05) is 24.3 Å². The molecule has 7 nitrogen and oxygen atoms in total. The van der Waals surface area contributed by atoms with Gasteiger partial charge in [-0.2, -0.15) is 0 Å². The SMILES string of the molecule is CC1Cc2cc(S(N)(=O)=O)cc(C(=O)NCC3CCCN3)c2O1.FC1C2=CC=C1C=C2. The van der Waals surface area contributed by atoms with Crippen molar-refractivity contribution in [3.05, 3.63) is 58.7 Å². The Balaban J connectivity index is 0.000000239. The van der Waals surface area contributed by atoms with Crippen LogP contribution in [0.3, 0.4) is 0 Å². The lowest BCUT2D eigenvalue weighted by Crippen LogP contribution is -2.37. The summed E-state index contributed by atoms with van der Waals surface area (Å²) in [5, 5.41) is 11.4. The number of primary sulfonamides is 1. The van der Waals surface area contributed by atoms with Gasteiger partial charge in [0.1, 0.15) is 11.9 Å². The molecule has 2 aliphatic heterocycles. The van der Waals surface area contributed by atoms with E-state index in [1.54, 1.807) is 0 Å². The smallest absolute Gasteiger partial charge is 0.255 e. The van der Waals surface area contributed by atoms with E-state index in [1.807, 2.05) is 31.2 Å². The molecule has 5 rings (SSSR count). The molecule has 31 heavy (non-hydrogen) atoms. The molecule has 0 spiro atoms. The number of nitrogens with two attached hydrogens (primary N) is 1. The predicted molar refractivity (Wildman–Crippen MR) is 115 cm³/mol. The molecule has 1 aromatic carbocycles. The van der Waals surface area contributed by atoms with Gasteiger partial charge in [-0.15, -0.1) is 0 Å². The molecule has 166 valence electrons. The zero-order valence-corrected chi connectivity index (χ0v) is 18.0. The zero-order valence-electron chi connectivity index (χ0n) is 17.2. The molecule has 4 N–H and O–H groups in total. The summed E-state index contributed by atoms with van der Waals surface area (Å²) in [6.07, 6.45) is 9.06. The molecule has 0 radical (unpaired) electrons. The van der Waals surface area contributed by atoms with Crippen LogP contribution in [0.15, 0.2) is 52.5 Å². The standard InChI is InChI=1S/C15H21N3O4S.C7H5F/c1-9-5-10-6-12(23(16,20)21)7-13(14(10)22-9)15(19)18-8-11-3-2-4-17-11;8-7-5-1-2-6(7)4-3-5/h6-7,9,11,17H,2-5,8H2,1H3,(H,18,19)(H2,16,20,21);1-4,7H. The second-order valence-corrected chi connectivity index (χ2v) is 9.73. The van der Waals surface area contributed by atoms with E-state index in [1.165, 1.54) is 12.1 Å². The van der Waals surface area contributed by atoms with Gasteiger partial charge in [0.15, 0.2) is 6.17 Å². The minimum absolute atomic E-state index is 0.0573. The first kappa shape index (κ1) is 21.7. The van der Waals surface area contributed by atoms with Gasteiger partial charge in [0.05, 0.1) is 10.5 Å². The fourth-order valence-corrected chi connectivity index (χ4v) is 4.69. The Morgan fingerprint density at radius 1 is 1.29 bits per heavy atom. The van der Waals surface area contributed by atoms with Gasteiger partial charge in [-0.25, -0.2) is 17.9 Å². The van der Waals surface area contributed by atoms with Crippen molar-refractivity contribution in [3.8, 4) is 5.75 Å². The van der Waals surface area contributed by atoms with Gasteiger partial charge < -0.3 is 15.4 Å². The van der Waals surface area contributed by atoms with E-state index < -0.39 is 16.2 Å². The molecule has 2 heterocycles. The summed E-state index contributed by atoms with van der Waals surface area (Å²) in [5.41, 5.74) is 2.54. The number of carbonyl (C=O) groups is 1. The van der Waals surface area contributed by atoms with E-state index >= 15 is 0 Å². The van der Waals surface area contributed by atoms with Crippen molar-refractivity contribution in [2.75, 3.05) is 13.1 Å². The second-order valence-electron chi connectivity index (χ2n) is 8.17. The number of alkyl halides is 1. The van der Waals surface area contributed by atoms with Crippen molar-refractivity contribution in [2.45, 2.75) is 49.4 Å². The zero-order chi connectivity index (χ0) is 22.2. The van der Waals surface area contributed by atoms with Crippen LogP contribution in [0.25, 0.3) is 0 Å². The maximum absolute atomic E-state index is 12.6. The summed E-state index contributed by atoms with van der Waals surface area (Å²) in [6.45, 7) is 3.33. The summed E-state index contributed by atoms with van der Waals surface area (Å²) in [5.74, 6) is 0.122. The summed E-state index contributed by atoms with van der Waals surface area (Å²) in [7, 11) is -3.88. The molecule has 4 aliphatic rings. The highest BCUT2D eigenvalue weighted by Gasteiger charge is 2.28. The van der Waals surface area contributed by atoms with Crippen molar-refractivity contribution in [1.82, 2.24) is 10.6 Å². The van der Waals surface area contributed by atoms with Crippen molar-refractivity contribution in [2.24, 2.45) is 5.14 Å². The number of carbonyl (C=O) groups excluding carboxylic acids is 1. The Morgan fingerprint density at radius 2 is 2.00 bits per heavy atom. The van der Waals surface area contributed by atoms with Crippen LogP contribution in [0.4, 0.5) is 4.39 Å². The number of hydrogen-bond acceptors (Lipinski definition) is 5. The van der Waals surface area contributed by atoms with E-state index in [2.05, 4.69) is 10.6 Å². The molecule has 1 saturated heterocycles. The highest BCUT2D eigenvalue weighted by atomic mass is 32.2. The molecule has 2 bridgehead atoms. The van der Waals surface area contributed by atoms with Crippen LogP contribution in [0.5, 0.6) is 5.75 Å².